The van der Waals surface area contributed by atoms with Crippen molar-refractivity contribution >= 4 is 5.97 Å². The van der Waals surface area contributed by atoms with E-state index in [-0.39, 0.29) is 12.0 Å². The lowest BCUT2D eigenvalue weighted by molar-refractivity contribution is -0.167. The SMILES string of the molecule is C=C(C)C(=O)OC1(CCC(F)(F)F)CCCC1. The van der Waals surface area contributed by atoms with Gasteiger partial charge in [0.15, 0.2) is 0 Å². The van der Waals surface area contributed by atoms with E-state index in [1.165, 1.54) is 6.92 Å². The number of carbonyl (C=O) groups excluding carboxylic acids is 1. The summed E-state index contributed by atoms with van der Waals surface area (Å²) in [6, 6.07) is 0. The predicted molar refractivity (Wildman–Crippen MR) is 57.4 cm³/mol. The van der Waals surface area contributed by atoms with Gasteiger partial charge in [0.25, 0.3) is 0 Å². The van der Waals surface area contributed by atoms with Crippen LogP contribution in [0.5, 0.6) is 0 Å². The second kappa shape index (κ2) is 5.10. The minimum Gasteiger partial charge on any atom is -0.456 e. The van der Waals surface area contributed by atoms with E-state index < -0.39 is 24.2 Å². The highest BCUT2D eigenvalue weighted by Crippen LogP contribution is 2.40. The first-order valence-electron chi connectivity index (χ1n) is 5.70. The minimum atomic E-state index is -4.20. The van der Waals surface area contributed by atoms with E-state index in [2.05, 4.69) is 6.58 Å². The smallest absolute Gasteiger partial charge is 0.389 e. The number of hydrogen-bond acceptors (Lipinski definition) is 2. The Kier molecular flexibility index (Phi) is 4.22. The Labute approximate surface area is 98.8 Å². The van der Waals surface area contributed by atoms with E-state index in [1.807, 2.05) is 0 Å². The highest BCUT2D eigenvalue weighted by atomic mass is 19.4. The summed E-state index contributed by atoms with van der Waals surface area (Å²) in [4.78, 5) is 11.4. The van der Waals surface area contributed by atoms with E-state index in [1.54, 1.807) is 0 Å². The van der Waals surface area contributed by atoms with Crippen LogP contribution in [0.15, 0.2) is 12.2 Å². The summed E-state index contributed by atoms with van der Waals surface area (Å²) in [6.07, 6.45) is -2.61. The van der Waals surface area contributed by atoms with Gasteiger partial charge in [0, 0.05) is 12.0 Å². The zero-order chi connectivity index (χ0) is 13.1. The minimum absolute atomic E-state index is 0.143. The lowest BCUT2D eigenvalue weighted by Gasteiger charge is -2.29. The van der Waals surface area contributed by atoms with Gasteiger partial charge >= 0.3 is 12.1 Å². The lowest BCUT2D eigenvalue weighted by Crippen LogP contribution is -2.33. The predicted octanol–water partition coefficient (Wildman–Crippen LogP) is 3.76. The summed E-state index contributed by atoms with van der Waals surface area (Å²) in [5, 5.41) is 0. The fourth-order valence-electron chi connectivity index (χ4n) is 2.08. The monoisotopic (exact) mass is 250 g/mol. The molecule has 1 aliphatic carbocycles. The zero-order valence-corrected chi connectivity index (χ0v) is 9.90. The van der Waals surface area contributed by atoms with Crippen LogP contribution < -0.4 is 0 Å². The topological polar surface area (TPSA) is 26.3 Å². The molecule has 0 aromatic heterocycles. The maximum Gasteiger partial charge on any atom is 0.389 e. The fraction of sp³-hybridized carbons (Fsp3) is 0.750. The lowest BCUT2D eigenvalue weighted by atomic mass is 9.95. The molecule has 0 saturated heterocycles. The van der Waals surface area contributed by atoms with Gasteiger partial charge in [-0.3, -0.25) is 0 Å². The van der Waals surface area contributed by atoms with Gasteiger partial charge in [-0.1, -0.05) is 6.58 Å². The number of ether oxygens (including phenoxy) is 1. The Bertz CT molecular complexity index is 301. The van der Waals surface area contributed by atoms with Crippen molar-refractivity contribution in [3.05, 3.63) is 12.2 Å². The normalized spacial score (nSPS) is 19.1. The van der Waals surface area contributed by atoms with Crippen molar-refractivity contribution in [2.75, 3.05) is 0 Å². The maximum absolute atomic E-state index is 12.2. The quantitative estimate of drug-likeness (QED) is 0.561. The Morgan fingerprint density at radius 1 is 1.35 bits per heavy atom. The number of hydrogen-bond donors (Lipinski definition) is 0. The van der Waals surface area contributed by atoms with Gasteiger partial charge in [-0.05, 0) is 39.0 Å². The molecule has 0 spiro atoms. The van der Waals surface area contributed by atoms with Gasteiger partial charge in [-0.2, -0.15) is 13.2 Å². The second-order valence-corrected chi connectivity index (χ2v) is 4.68. The molecule has 0 amide bonds. The molecule has 0 N–H and O–H groups in total. The van der Waals surface area contributed by atoms with E-state index in [0.717, 1.165) is 12.8 Å². The van der Waals surface area contributed by atoms with Crippen molar-refractivity contribution in [1.82, 2.24) is 0 Å². The molecule has 0 radical (unpaired) electrons. The molecule has 17 heavy (non-hydrogen) atoms. The third-order valence-electron chi connectivity index (χ3n) is 3.04. The summed E-state index contributed by atoms with van der Waals surface area (Å²) < 4.78 is 41.9. The van der Waals surface area contributed by atoms with Crippen molar-refractivity contribution in [1.29, 1.82) is 0 Å². The van der Waals surface area contributed by atoms with E-state index in [4.69, 9.17) is 4.74 Å². The van der Waals surface area contributed by atoms with Crippen LogP contribution in [-0.2, 0) is 9.53 Å². The molecule has 98 valence electrons. The van der Waals surface area contributed by atoms with Gasteiger partial charge < -0.3 is 4.74 Å². The first-order valence-corrected chi connectivity index (χ1v) is 5.70. The standard InChI is InChI=1S/C12H17F3O2/c1-9(2)10(16)17-11(5-3-4-6-11)7-8-12(13,14)15/h1,3-8H2,2H3. The molecule has 1 saturated carbocycles. The van der Waals surface area contributed by atoms with Crippen molar-refractivity contribution in [2.45, 2.75) is 57.2 Å². The number of carbonyl (C=O) groups is 1. The van der Waals surface area contributed by atoms with Gasteiger partial charge in [-0.15, -0.1) is 0 Å². The Balaban J connectivity index is 2.63. The molecule has 0 aromatic rings. The van der Waals surface area contributed by atoms with Gasteiger partial charge in [0.05, 0.1) is 0 Å². The van der Waals surface area contributed by atoms with Crippen molar-refractivity contribution in [3.63, 3.8) is 0 Å². The van der Waals surface area contributed by atoms with Crippen LogP contribution in [0, 0.1) is 0 Å². The number of halogens is 3. The third kappa shape index (κ3) is 4.40. The molecule has 0 aromatic carbocycles. The van der Waals surface area contributed by atoms with Gasteiger partial charge in [0.2, 0.25) is 0 Å². The first-order chi connectivity index (χ1) is 7.74. The third-order valence-corrected chi connectivity index (χ3v) is 3.04. The first kappa shape index (κ1) is 14.1. The highest BCUT2D eigenvalue weighted by molar-refractivity contribution is 5.87. The molecular formula is C12H17F3O2. The largest absolute Gasteiger partial charge is 0.456 e. The van der Waals surface area contributed by atoms with E-state index >= 15 is 0 Å². The molecule has 5 heteroatoms. The molecule has 0 bridgehead atoms. The molecular weight excluding hydrogens is 233 g/mol. The fourth-order valence-corrected chi connectivity index (χ4v) is 2.08. The van der Waals surface area contributed by atoms with E-state index in [0.29, 0.717) is 12.8 Å². The maximum atomic E-state index is 12.2. The summed E-state index contributed by atoms with van der Waals surface area (Å²) >= 11 is 0. The second-order valence-electron chi connectivity index (χ2n) is 4.68. The Morgan fingerprint density at radius 2 is 1.88 bits per heavy atom. The number of alkyl halides is 3. The molecule has 1 aliphatic rings. The van der Waals surface area contributed by atoms with Gasteiger partial charge in [-0.25, -0.2) is 4.79 Å². The van der Waals surface area contributed by atoms with Crippen molar-refractivity contribution < 1.29 is 22.7 Å². The molecule has 1 rings (SSSR count). The Hall–Kier alpha value is -1.00. The Morgan fingerprint density at radius 3 is 2.29 bits per heavy atom. The van der Waals surface area contributed by atoms with Crippen LogP contribution in [0.4, 0.5) is 13.2 Å². The average molecular weight is 250 g/mol. The van der Waals surface area contributed by atoms with Crippen LogP contribution in [0.25, 0.3) is 0 Å². The van der Waals surface area contributed by atoms with Crippen LogP contribution >= 0.6 is 0 Å². The molecule has 1 fully saturated rings. The zero-order valence-electron chi connectivity index (χ0n) is 9.90. The molecule has 0 aliphatic heterocycles. The number of esters is 1. The van der Waals surface area contributed by atoms with Crippen molar-refractivity contribution in [3.8, 4) is 0 Å². The van der Waals surface area contributed by atoms with Crippen molar-refractivity contribution in [2.24, 2.45) is 0 Å². The van der Waals surface area contributed by atoms with Crippen LogP contribution in [0.1, 0.15) is 45.4 Å². The summed E-state index contributed by atoms with van der Waals surface area (Å²) in [5.41, 5.74) is -0.700. The van der Waals surface area contributed by atoms with Crippen LogP contribution in [0.2, 0.25) is 0 Å². The summed E-state index contributed by atoms with van der Waals surface area (Å²) in [5.74, 6) is -0.589. The molecule has 2 nitrogen and oxygen atoms in total. The van der Waals surface area contributed by atoms with Crippen LogP contribution in [-0.4, -0.2) is 17.7 Å². The molecule has 0 unspecified atom stereocenters. The highest BCUT2D eigenvalue weighted by Gasteiger charge is 2.41. The molecule has 0 atom stereocenters. The summed E-state index contributed by atoms with van der Waals surface area (Å²) in [6.45, 7) is 4.94. The molecule has 0 heterocycles. The van der Waals surface area contributed by atoms with Crippen LogP contribution in [0.3, 0.4) is 0 Å². The van der Waals surface area contributed by atoms with Gasteiger partial charge in [0.1, 0.15) is 5.60 Å². The average Bonchev–Trinajstić information content (AvgIpc) is 2.63. The number of rotatable bonds is 4. The summed E-state index contributed by atoms with van der Waals surface area (Å²) in [7, 11) is 0. The van der Waals surface area contributed by atoms with E-state index in [9.17, 15) is 18.0 Å².